The van der Waals surface area contributed by atoms with Gasteiger partial charge in [0.2, 0.25) is 0 Å². The molecular formula is C27H28N2O5S. The van der Waals surface area contributed by atoms with Crippen molar-refractivity contribution in [2.75, 3.05) is 24.5 Å². The molecule has 1 fully saturated rings. The first-order valence-electron chi connectivity index (χ1n) is 11.5. The smallest absolute Gasteiger partial charge is 0.308 e. The van der Waals surface area contributed by atoms with Crippen LogP contribution in [0.25, 0.3) is 0 Å². The number of methoxy groups -OCH3 is 1. The van der Waals surface area contributed by atoms with E-state index in [4.69, 9.17) is 4.74 Å². The van der Waals surface area contributed by atoms with E-state index in [1.165, 1.54) is 11.4 Å². The molecule has 35 heavy (non-hydrogen) atoms. The summed E-state index contributed by atoms with van der Waals surface area (Å²) in [6.45, 7) is 0.876. The lowest BCUT2D eigenvalue weighted by Gasteiger charge is -2.32. The number of anilines is 1. The number of piperidine rings is 1. The Labute approximate surface area is 206 Å². The average Bonchev–Trinajstić information content (AvgIpc) is 2.92. The highest BCUT2D eigenvalue weighted by Gasteiger charge is 2.32. The first-order valence-corrected chi connectivity index (χ1v) is 12.9. The minimum Gasteiger partial charge on any atom is -0.469 e. The molecule has 0 atom stereocenters. The molecule has 1 heterocycles. The molecule has 1 aliphatic rings. The van der Waals surface area contributed by atoms with Gasteiger partial charge in [0.05, 0.1) is 35.7 Å². The second kappa shape index (κ2) is 10.7. The van der Waals surface area contributed by atoms with Gasteiger partial charge in [-0.3, -0.25) is 13.9 Å². The maximum Gasteiger partial charge on any atom is 0.308 e. The lowest BCUT2D eigenvalue weighted by atomic mass is 9.96. The minimum absolute atomic E-state index is 0.0762. The number of ether oxygens (including phenoxy) is 1. The Hall–Kier alpha value is -3.65. The van der Waals surface area contributed by atoms with E-state index in [0.29, 0.717) is 37.2 Å². The predicted molar refractivity (Wildman–Crippen MR) is 133 cm³/mol. The minimum atomic E-state index is -3.96. The number of esters is 1. The van der Waals surface area contributed by atoms with Crippen molar-refractivity contribution >= 4 is 27.6 Å². The van der Waals surface area contributed by atoms with Gasteiger partial charge in [-0.25, -0.2) is 8.42 Å². The summed E-state index contributed by atoms with van der Waals surface area (Å²) in [5.74, 6) is -0.752. The molecule has 3 aromatic carbocycles. The van der Waals surface area contributed by atoms with Crippen molar-refractivity contribution in [3.05, 3.63) is 96.1 Å². The van der Waals surface area contributed by atoms with Crippen molar-refractivity contribution < 1.29 is 22.7 Å². The topological polar surface area (TPSA) is 84.0 Å². The van der Waals surface area contributed by atoms with Crippen LogP contribution in [-0.4, -0.2) is 45.4 Å². The number of nitrogens with zero attached hydrogens (tertiary/aromatic N) is 2. The number of hydrogen-bond donors (Lipinski definition) is 0. The van der Waals surface area contributed by atoms with Crippen molar-refractivity contribution in [1.82, 2.24) is 4.90 Å². The number of carbonyl (C=O) groups excluding carboxylic acids is 2. The van der Waals surface area contributed by atoms with Crippen LogP contribution in [0.1, 0.15) is 28.8 Å². The highest BCUT2D eigenvalue weighted by Crippen LogP contribution is 2.31. The van der Waals surface area contributed by atoms with E-state index in [9.17, 15) is 18.0 Å². The number of likely N-dealkylation sites (tertiary alicyclic amines) is 1. The van der Waals surface area contributed by atoms with Crippen molar-refractivity contribution in [1.29, 1.82) is 0 Å². The monoisotopic (exact) mass is 492 g/mol. The molecule has 4 rings (SSSR count). The van der Waals surface area contributed by atoms with Gasteiger partial charge in [0.1, 0.15) is 0 Å². The third-order valence-electron chi connectivity index (χ3n) is 6.22. The zero-order valence-electron chi connectivity index (χ0n) is 19.5. The van der Waals surface area contributed by atoms with Gasteiger partial charge in [-0.2, -0.15) is 0 Å². The standard InChI is InChI=1S/C27H28N2O5S/c1-34-27(31)22-16-18-28(19-17-22)26(30)24-14-8-9-15-25(24)29(20-21-10-4-2-5-11-21)35(32,33)23-12-6-3-7-13-23/h2-15,22H,16-20H2,1H3. The van der Waals surface area contributed by atoms with Gasteiger partial charge in [-0.15, -0.1) is 0 Å². The summed E-state index contributed by atoms with van der Waals surface area (Å²) in [6, 6.07) is 24.3. The lowest BCUT2D eigenvalue weighted by Crippen LogP contribution is -2.41. The Morgan fingerprint density at radius 2 is 1.46 bits per heavy atom. The summed E-state index contributed by atoms with van der Waals surface area (Å²) < 4.78 is 33.7. The van der Waals surface area contributed by atoms with Gasteiger partial charge in [-0.1, -0.05) is 60.7 Å². The number of hydrogen-bond acceptors (Lipinski definition) is 5. The Morgan fingerprint density at radius 1 is 0.886 bits per heavy atom. The summed E-state index contributed by atoms with van der Waals surface area (Å²) in [7, 11) is -2.60. The Bertz CT molecular complexity index is 1270. The molecule has 0 saturated carbocycles. The molecule has 7 nitrogen and oxygen atoms in total. The summed E-state index contributed by atoms with van der Waals surface area (Å²) in [5, 5.41) is 0. The van der Waals surface area contributed by atoms with Crippen LogP contribution in [0.15, 0.2) is 89.8 Å². The first-order chi connectivity index (χ1) is 16.9. The largest absolute Gasteiger partial charge is 0.469 e. The van der Waals surface area contributed by atoms with Gasteiger partial charge < -0.3 is 9.64 Å². The van der Waals surface area contributed by atoms with Gasteiger partial charge in [0, 0.05) is 13.1 Å². The summed E-state index contributed by atoms with van der Waals surface area (Å²) in [4.78, 5) is 27.3. The molecule has 0 unspecified atom stereocenters. The first kappa shape index (κ1) is 24.5. The molecular weight excluding hydrogens is 464 g/mol. The normalized spacial score (nSPS) is 14.4. The van der Waals surface area contributed by atoms with Crippen LogP contribution < -0.4 is 4.31 Å². The SMILES string of the molecule is COC(=O)C1CCN(C(=O)c2ccccc2N(Cc2ccccc2)S(=O)(=O)c2ccccc2)CC1. The van der Waals surface area contributed by atoms with Crippen LogP contribution in [0.3, 0.4) is 0 Å². The number of para-hydroxylation sites is 1. The van der Waals surface area contributed by atoms with Crippen molar-refractivity contribution in [2.45, 2.75) is 24.3 Å². The fourth-order valence-corrected chi connectivity index (χ4v) is 5.79. The second-order valence-electron chi connectivity index (χ2n) is 8.42. The number of amides is 1. The van der Waals surface area contributed by atoms with Crippen LogP contribution in [-0.2, 0) is 26.1 Å². The van der Waals surface area contributed by atoms with Crippen molar-refractivity contribution in [3.8, 4) is 0 Å². The third kappa shape index (κ3) is 5.38. The number of benzene rings is 3. The van der Waals surface area contributed by atoms with E-state index in [2.05, 4.69) is 0 Å². The van der Waals surface area contributed by atoms with E-state index in [-0.39, 0.29) is 29.2 Å². The van der Waals surface area contributed by atoms with E-state index in [1.807, 2.05) is 30.3 Å². The molecule has 0 radical (unpaired) electrons. The summed E-state index contributed by atoms with van der Waals surface area (Å²) in [6.07, 6.45) is 1.02. The molecule has 3 aromatic rings. The molecule has 1 saturated heterocycles. The van der Waals surface area contributed by atoms with Crippen LogP contribution in [0.4, 0.5) is 5.69 Å². The second-order valence-corrected chi connectivity index (χ2v) is 10.3. The van der Waals surface area contributed by atoms with E-state index in [1.54, 1.807) is 59.5 Å². The quantitative estimate of drug-likeness (QED) is 0.464. The maximum atomic E-state index is 13.8. The van der Waals surface area contributed by atoms with Gasteiger partial charge in [-0.05, 0) is 42.7 Å². The number of sulfonamides is 1. The molecule has 0 spiro atoms. The molecule has 8 heteroatoms. The Kier molecular flexibility index (Phi) is 7.51. The van der Waals surface area contributed by atoms with Crippen LogP contribution in [0.2, 0.25) is 0 Å². The fourth-order valence-electron chi connectivity index (χ4n) is 4.30. The number of rotatable bonds is 7. The van der Waals surface area contributed by atoms with E-state index in [0.717, 1.165) is 5.56 Å². The molecule has 1 aliphatic heterocycles. The molecule has 0 aromatic heterocycles. The van der Waals surface area contributed by atoms with Gasteiger partial charge in [0.25, 0.3) is 15.9 Å². The summed E-state index contributed by atoms with van der Waals surface area (Å²) >= 11 is 0. The summed E-state index contributed by atoms with van der Waals surface area (Å²) in [5.41, 5.74) is 1.42. The highest BCUT2D eigenvalue weighted by molar-refractivity contribution is 7.92. The molecule has 0 N–H and O–H groups in total. The fraction of sp³-hybridized carbons (Fsp3) is 0.259. The zero-order chi connectivity index (χ0) is 24.8. The highest BCUT2D eigenvalue weighted by atomic mass is 32.2. The van der Waals surface area contributed by atoms with E-state index < -0.39 is 10.0 Å². The molecule has 182 valence electrons. The van der Waals surface area contributed by atoms with Crippen LogP contribution >= 0.6 is 0 Å². The predicted octanol–water partition coefficient (Wildman–Crippen LogP) is 4.11. The maximum absolute atomic E-state index is 13.8. The number of carbonyl (C=O) groups is 2. The van der Waals surface area contributed by atoms with Gasteiger partial charge >= 0.3 is 5.97 Å². The van der Waals surface area contributed by atoms with Crippen molar-refractivity contribution in [3.63, 3.8) is 0 Å². The zero-order valence-corrected chi connectivity index (χ0v) is 20.4. The average molecular weight is 493 g/mol. The lowest BCUT2D eigenvalue weighted by molar-refractivity contribution is -0.146. The molecule has 1 amide bonds. The van der Waals surface area contributed by atoms with Crippen LogP contribution in [0.5, 0.6) is 0 Å². The third-order valence-corrected chi connectivity index (χ3v) is 7.99. The van der Waals surface area contributed by atoms with E-state index >= 15 is 0 Å². The molecule has 0 aliphatic carbocycles. The molecule has 0 bridgehead atoms. The van der Waals surface area contributed by atoms with Crippen LogP contribution in [0, 0.1) is 5.92 Å². The Balaban J connectivity index is 1.70. The van der Waals surface area contributed by atoms with Gasteiger partial charge in [0.15, 0.2) is 0 Å². The van der Waals surface area contributed by atoms with Crippen molar-refractivity contribution in [2.24, 2.45) is 5.92 Å². The Morgan fingerprint density at radius 3 is 2.09 bits per heavy atom.